The summed E-state index contributed by atoms with van der Waals surface area (Å²) in [5, 5.41) is 20.7. The zero-order chi connectivity index (χ0) is 17.4. The fourth-order valence-corrected chi connectivity index (χ4v) is 3.04. The number of halogens is 1. The normalized spacial score (nSPS) is 14.2. The second kappa shape index (κ2) is 8.80. The molecule has 2 rings (SSSR count). The molecule has 0 spiro atoms. The number of nitrogens with one attached hydrogen (secondary N) is 2. The first kappa shape index (κ1) is 18.4. The zero-order valence-electron chi connectivity index (χ0n) is 14.1. The number of thiophene rings is 1. The van der Waals surface area contributed by atoms with E-state index in [2.05, 4.69) is 15.6 Å². The predicted octanol–water partition coefficient (Wildman–Crippen LogP) is 2.89. The minimum Gasteiger partial charge on any atom is -0.383 e. The van der Waals surface area contributed by atoms with Gasteiger partial charge < -0.3 is 15.7 Å². The Hall–Kier alpha value is -1.92. The van der Waals surface area contributed by atoms with Crippen LogP contribution in [0.5, 0.6) is 0 Å². The van der Waals surface area contributed by atoms with Crippen LogP contribution in [0, 0.1) is 5.82 Å². The van der Waals surface area contributed by atoms with Crippen LogP contribution in [0.3, 0.4) is 0 Å². The summed E-state index contributed by atoms with van der Waals surface area (Å²) in [4.78, 5) is 4.45. The average Bonchev–Trinajstić information content (AvgIpc) is 3.10. The summed E-state index contributed by atoms with van der Waals surface area (Å²) in [6.07, 6.45) is 0.567. The van der Waals surface area contributed by atoms with Gasteiger partial charge in [0.05, 0.1) is 6.54 Å². The van der Waals surface area contributed by atoms with E-state index < -0.39 is 5.60 Å². The molecule has 3 N–H and O–H groups in total. The summed E-state index contributed by atoms with van der Waals surface area (Å²) in [6, 6.07) is 8.66. The molecule has 0 aliphatic rings. The third-order valence-electron chi connectivity index (χ3n) is 3.68. The first-order chi connectivity index (χ1) is 11.5. The van der Waals surface area contributed by atoms with Crippen molar-refractivity contribution in [2.75, 3.05) is 19.6 Å². The van der Waals surface area contributed by atoms with Crippen molar-refractivity contribution in [2.24, 2.45) is 4.99 Å². The molecule has 130 valence electrons. The molecule has 24 heavy (non-hydrogen) atoms. The minimum absolute atomic E-state index is 0.193. The van der Waals surface area contributed by atoms with Crippen molar-refractivity contribution in [1.82, 2.24) is 10.6 Å². The molecule has 0 saturated heterocycles. The van der Waals surface area contributed by atoms with Gasteiger partial charge in [-0.05, 0) is 54.3 Å². The lowest BCUT2D eigenvalue weighted by Crippen LogP contribution is -2.39. The Kier molecular flexibility index (Phi) is 6.75. The van der Waals surface area contributed by atoms with Crippen molar-refractivity contribution < 1.29 is 9.50 Å². The van der Waals surface area contributed by atoms with Crippen LogP contribution in [0.1, 0.15) is 25.0 Å². The number of aliphatic imine (C=N–C) groups is 1. The Bertz CT molecular complexity index is 656. The second-order valence-electron chi connectivity index (χ2n) is 5.75. The average molecular weight is 349 g/mol. The van der Waals surface area contributed by atoms with Gasteiger partial charge in [-0.1, -0.05) is 18.2 Å². The molecule has 1 unspecified atom stereocenters. The van der Waals surface area contributed by atoms with Crippen LogP contribution >= 0.6 is 11.3 Å². The van der Waals surface area contributed by atoms with Gasteiger partial charge in [0.15, 0.2) is 5.96 Å². The van der Waals surface area contributed by atoms with Gasteiger partial charge in [-0.3, -0.25) is 0 Å². The fraction of sp³-hybridized carbons (Fsp3) is 0.389. The summed E-state index contributed by atoms with van der Waals surface area (Å²) in [7, 11) is 0. The molecule has 1 atom stereocenters. The monoisotopic (exact) mass is 349 g/mol. The summed E-state index contributed by atoms with van der Waals surface area (Å²) in [5.74, 6) is 0.422. The van der Waals surface area contributed by atoms with E-state index in [0.717, 1.165) is 5.56 Å². The number of aliphatic hydroxyl groups is 1. The lowest BCUT2D eigenvalue weighted by molar-refractivity contribution is 0.0677. The van der Waals surface area contributed by atoms with Gasteiger partial charge in [-0.2, -0.15) is 11.3 Å². The van der Waals surface area contributed by atoms with E-state index in [1.165, 1.54) is 6.07 Å². The number of hydrogen-bond acceptors (Lipinski definition) is 3. The van der Waals surface area contributed by atoms with E-state index in [0.29, 0.717) is 31.0 Å². The number of benzene rings is 1. The van der Waals surface area contributed by atoms with Crippen LogP contribution in [-0.4, -0.2) is 30.7 Å². The van der Waals surface area contributed by atoms with Crippen LogP contribution < -0.4 is 10.6 Å². The van der Waals surface area contributed by atoms with Crippen molar-refractivity contribution in [3.05, 3.63) is 58.0 Å². The highest BCUT2D eigenvalue weighted by Gasteiger charge is 2.23. The van der Waals surface area contributed by atoms with Crippen LogP contribution in [-0.2, 0) is 12.0 Å². The quantitative estimate of drug-likeness (QED) is 0.532. The highest BCUT2D eigenvalue weighted by Crippen LogP contribution is 2.23. The molecule has 1 aromatic heterocycles. The summed E-state index contributed by atoms with van der Waals surface area (Å²) in [6.45, 7) is 5.25. The molecule has 0 aliphatic carbocycles. The van der Waals surface area contributed by atoms with Gasteiger partial charge in [-0.15, -0.1) is 0 Å². The summed E-state index contributed by atoms with van der Waals surface area (Å²) >= 11 is 1.55. The highest BCUT2D eigenvalue weighted by molar-refractivity contribution is 7.08. The number of nitrogens with zero attached hydrogens (tertiary/aromatic N) is 1. The van der Waals surface area contributed by atoms with Crippen LogP contribution in [0.2, 0.25) is 0 Å². The maximum absolute atomic E-state index is 13.6. The molecule has 0 radical (unpaired) electrons. The van der Waals surface area contributed by atoms with Gasteiger partial charge in [0.25, 0.3) is 0 Å². The molecule has 4 nitrogen and oxygen atoms in total. The molecule has 0 saturated carbocycles. The third kappa shape index (κ3) is 5.32. The molecule has 1 aromatic carbocycles. The van der Waals surface area contributed by atoms with Crippen molar-refractivity contribution >= 4 is 17.3 Å². The Balaban J connectivity index is 1.92. The SMILES string of the molecule is CCNC(=NCC(C)(O)c1ccsc1)NCCc1ccccc1F. The number of rotatable bonds is 7. The maximum Gasteiger partial charge on any atom is 0.191 e. The first-order valence-corrected chi connectivity index (χ1v) is 8.98. The van der Waals surface area contributed by atoms with Crippen LogP contribution in [0.25, 0.3) is 0 Å². The molecule has 0 bridgehead atoms. The topological polar surface area (TPSA) is 56.7 Å². The van der Waals surface area contributed by atoms with E-state index in [1.54, 1.807) is 30.4 Å². The van der Waals surface area contributed by atoms with Gasteiger partial charge in [0.2, 0.25) is 0 Å². The minimum atomic E-state index is -1.01. The van der Waals surface area contributed by atoms with Crippen molar-refractivity contribution in [1.29, 1.82) is 0 Å². The Labute approximate surface area is 146 Å². The van der Waals surface area contributed by atoms with Gasteiger partial charge in [0, 0.05) is 13.1 Å². The van der Waals surface area contributed by atoms with E-state index in [9.17, 15) is 9.50 Å². The molecule has 6 heteroatoms. The molecule has 1 heterocycles. The largest absolute Gasteiger partial charge is 0.383 e. The third-order valence-corrected chi connectivity index (χ3v) is 4.36. The maximum atomic E-state index is 13.6. The van der Waals surface area contributed by atoms with Crippen molar-refractivity contribution in [3.8, 4) is 0 Å². The van der Waals surface area contributed by atoms with Gasteiger partial charge in [0.1, 0.15) is 11.4 Å². The summed E-state index contributed by atoms with van der Waals surface area (Å²) < 4.78 is 13.6. The van der Waals surface area contributed by atoms with Crippen LogP contribution in [0.15, 0.2) is 46.1 Å². The Morgan fingerprint density at radius 2 is 2.08 bits per heavy atom. The lowest BCUT2D eigenvalue weighted by atomic mass is 10.00. The van der Waals surface area contributed by atoms with E-state index in [1.807, 2.05) is 29.8 Å². The highest BCUT2D eigenvalue weighted by atomic mass is 32.1. The van der Waals surface area contributed by atoms with Crippen LogP contribution in [0.4, 0.5) is 4.39 Å². The molecular weight excluding hydrogens is 325 g/mol. The predicted molar refractivity (Wildman–Crippen MR) is 98.0 cm³/mol. The van der Waals surface area contributed by atoms with E-state index in [-0.39, 0.29) is 12.4 Å². The fourth-order valence-electron chi connectivity index (χ4n) is 2.25. The van der Waals surface area contributed by atoms with Gasteiger partial charge >= 0.3 is 0 Å². The molecule has 0 aliphatic heterocycles. The zero-order valence-corrected chi connectivity index (χ0v) is 14.9. The standard InChI is InChI=1S/C18H24FN3OS/c1-3-20-17(21-10-8-14-6-4-5-7-16(14)19)22-13-18(2,23)15-9-11-24-12-15/h4-7,9,11-12,23H,3,8,10,13H2,1-2H3,(H2,20,21,22). The smallest absolute Gasteiger partial charge is 0.191 e. The summed E-state index contributed by atoms with van der Waals surface area (Å²) in [5.41, 5.74) is 0.526. The molecule has 0 fully saturated rings. The second-order valence-corrected chi connectivity index (χ2v) is 6.53. The van der Waals surface area contributed by atoms with E-state index >= 15 is 0 Å². The molecule has 2 aromatic rings. The Morgan fingerprint density at radius 3 is 2.75 bits per heavy atom. The number of guanidine groups is 1. The number of hydrogen-bond donors (Lipinski definition) is 3. The first-order valence-electron chi connectivity index (χ1n) is 8.03. The molecular formula is C18H24FN3OS. The van der Waals surface area contributed by atoms with Crippen molar-refractivity contribution in [2.45, 2.75) is 25.9 Å². The lowest BCUT2D eigenvalue weighted by Gasteiger charge is -2.21. The Morgan fingerprint density at radius 1 is 1.29 bits per heavy atom. The van der Waals surface area contributed by atoms with Crippen molar-refractivity contribution in [3.63, 3.8) is 0 Å². The van der Waals surface area contributed by atoms with E-state index in [4.69, 9.17) is 0 Å². The molecule has 0 amide bonds. The van der Waals surface area contributed by atoms with Gasteiger partial charge in [-0.25, -0.2) is 9.38 Å².